The van der Waals surface area contributed by atoms with Crippen molar-refractivity contribution in [2.45, 2.75) is 53.2 Å². The van der Waals surface area contributed by atoms with Gasteiger partial charge in [-0.2, -0.15) is 0 Å². The molecule has 19 heavy (non-hydrogen) atoms. The minimum atomic E-state index is -0.799. The molecular formula is C14H21NO4. The second-order valence-electron chi connectivity index (χ2n) is 4.82. The van der Waals surface area contributed by atoms with Crippen molar-refractivity contribution in [1.82, 2.24) is 4.90 Å². The van der Waals surface area contributed by atoms with E-state index in [1.54, 1.807) is 6.92 Å². The Morgan fingerprint density at radius 3 is 2.21 bits per heavy atom. The standard InChI is InChI=1S/C14H21NO4/c1-6-10(16)19-13-14(7-2,8-3)12(18)15(13)11(17)9(4)5/h13H,4,6-8H2,1-3,5H3. The van der Waals surface area contributed by atoms with Crippen LogP contribution >= 0.6 is 0 Å². The van der Waals surface area contributed by atoms with Crippen LogP contribution in [-0.4, -0.2) is 28.9 Å². The summed E-state index contributed by atoms with van der Waals surface area (Å²) in [5.41, 5.74) is -0.512. The van der Waals surface area contributed by atoms with Crippen LogP contribution in [0, 0.1) is 5.41 Å². The normalized spacial score (nSPS) is 20.7. The average Bonchev–Trinajstić information content (AvgIpc) is 2.39. The number of β-lactam (4-membered cyclic amide) rings is 1. The van der Waals surface area contributed by atoms with Crippen LogP contribution in [-0.2, 0) is 19.1 Å². The van der Waals surface area contributed by atoms with Gasteiger partial charge in [-0.25, -0.2) is 4.90 Å². The molecule has 5 heteroatoms. The Labute approximate surface area is 113 Å². The van der Waals surface area contributed by atoms with Gasteiger partial charge in [0.1, 0.15) is 5.41 Å². The molecule has 0 aliphatic carbocycles. The maximum atomic E-state index is 12.2. The predicted molar refractivity (Wildman–Crippen MR) is 69.9 cm³/mol. The highest BCUT2D eigenvalue weighted by Crippen LogP contribution is 2.46. The van der Waals surface area contributed by atoms with E-state index in [-0.39, 0.29) is 17.9 Å². The van der Waals surface area contributed by atoms with Crippen molar-refractivity contribution in [1.29, 1.82) is 0 Å². The minimum Gasteiger partial charge on any atom is -0.440 e. The van der Waals surface area contributed by atoms with Crippen LogP contribution in [0.15, 0.2) is 12.2 Å². The third kappa shape index (κ3) is 2.29. The molecule has 5 nitrogen and oxygen atoms in total. The van der Waals surface area contributed by atoms with Gasteiger partial charge in [0.05, 0.1) is 0 Å². The number of esters is 1. The maximum Gasteiger partial charge on any atom is 0.307 e. The fourth-order valence-electron chi connectivity index (χ4n) is 2.31. The van der Waals surface area contributed by atoms with Gasteiger partial charge in [-0.05, 0) is 19.8 Å². The van der Waals surface area contributed by atoms with E-state index in [4.69, 9.17) is 4.74 Å². The number of carbonyl (C=O) groups is 3. The first-order chi connectivity index (χ1) is 8.85. The first kappa shape index (κ1) is 15.4. The molecule has 0 radical (unpaired) electrons. The second kappa shape index (κ2) is 5.55. The Morgan fingerprint density at radius 1 is 1.32 bits per heavy atom. The number of ether oxygens (including phenoxy) is 1. The highest BCUT2D eigenvalue weighted by atomic mass is 16.6. The summed E-state index contributed by atoms with van der Waals surface area (Å²) in [6, 6.07) is 0. The number of carbonyl (C=O) groups excluding carboxylic acids is 3. The molecule has 0 aromatic heterocycles. The van der Waals surface area contributed by atoms with Crippen LogP contribution in [0.25, 0.3) is 0 Å². The highest BCUT2D eigenvalue weighted by Gasteiger charge is 2.63. The zero-order chi connectivity index (χ0) is 14.8. The summed E-state index contributed by atoms with van der Waals surface area (Å²) in [5, 5.41) is 0. The van der Waals surface area contributed by atoms with E-state index in [9.17, 15) is 14.4 Å². The summed E-state index contributed by atoms with van der Waals surface area (Å²) in [7, 11) is 0. The van der Waals surface area contributed by atoms with Crippen molar-refractivity contribution in [2.75, 3.05) is 0 Å². The summed E-state index contributed by atoms with van der Waals surface area (Å²) >= 11 is 0. The summed E-state index contributed by atoms with van der Waals surface area (Å²) in [4.78, 5) is 36.7. The Hall–Kier alpha value is -1.65. The van der Waals surface area contributed by atoms with Crippen LogP contribution in [0.2, 0.25) is 0 Å². The quantitative estimate of drug-likeness (QED) is 0.434. The van der Waals surface area contributed by atoms with Crippen molar-refractivity contribution >= 4 is 17.8 Å². The zero-order valence-electron chi connectivity index (χ0n) is 12.0. The van der Waals surface area contributed by atoms with E-state index in [0.29, 0.717) is 12.8 Å². The molecule has 1 atom stereocenters. The van der Waals surface area contributed by atoms with Crippen molar-refractivity contribution in [3.8, 4) is 0 Å². The Bertz CT molecular complexity index is 423. The third-order valence-electron chi connectivity index (χ3n) is 3.73. The van der Waals surface area contributed by atoms with E-state index >= 15 is 0 Å². The van der Waals surface area contributed by atoms with E-state index in [2.05, 4.69) is 6.58 Å². The van der Waals surface area contributed by atoms with Gasteiger partial charge >= 0.3 is 5.97 Å². The van der Waals surface area contributed by atoms with E-state index in [1.807, 2.05) is 13.8 Å². The number of hydrogen-bond donors (Lipinski definition) is 0. The number of hydrogen-bond acceptors (Lipinski definition) is 4. The van der Waals surface area contributed by atoms with E-state index < -0.39 is 23.5 Å². The SMILES string of the molecule is C=C(C)C(=O)N1C(=O)C(CC)(CC)C1OC(=O)CC. The molecule has 1 aliphatic heterocycles. The molecule has 1 heterocycles. The Morgan fingerprint density at radius 2 is 1.84 bits per heavy atom. The third-order valence-corrected chi connectivity index (χ3v) is 3.73. The number of amides is 2. The van der Waals surface area contributed by atoms with Crippen molar-refractivity contribution < 1.29 is 19.1 Å². The lowest BCUT2D eigenvalue weighted by Gasteiger charge is -2.52. The molecule has 2 amide bonds. The molecular weight excluding hydrogens is 246 g/mol. The Kier molecular flexibility index (Phi) is 4.50. The lowest BCUT2D eigenvalue weighted by atomic mass is 9.71. The lowest BCUT2D eigenvalue weighted by Crippen LogP contribution is -2.71. The van der Waals surface area contributed by atoms with Crippen molar-refractivity contribution in [2.24, 2.45) is 5.41 Å². The van der Waals surface area contributed by atoms with Crippen molar-refractivity contribution in [3.05, 3.63) is 12.2 Å². The van der Waals surface area contributed by atoms with E-state index in [1.165, 1.54) is 6.92 Å². The number of imide groups is 1. The maximum absolute atomic E-state index is 12.2. The van der Waals surface area contributed by atoms with Gasteiger partial charge in [0.25, 0.3) is 5.91 Å². The summed E-state index contributed by atoms with van der Waals surface area (Å²) in [5.74, 6) is -1.17. The summed E-state index contributed by atoms with van der Waals surface area (Å²) in [6.45, 7) is 10.5. The number of nitrogens with zero attached hydrogens (tertiary/aromatic N) is 1. The Balaban J connectivity index is 3.06. The second-order valence-corrected chi connectivity index (χ2v) is 4.82. The fourth-order valence-corrected chi connectivity index (χ4v) is 2.31. The van der Waals surface area contributed by atoms with E-state index in [0.717, 1.165) is 4.90 Å². The van der Waals surface area contributed by atoms with Crippen LogP contribution < -0.4 is 0 Å². The molecule has 1 unspecified atom stereocenters. The number of rotatable bonds is 5. The lowest BCUT2D eigenvalue weighted by molar-refractivity contribution is -0.220. The van der Waals surface area contributed by atoms with Crippen molar-refractivity contribution in [3.63, 3.8) is 0 Å². The van der Waals surface area contributed by atoms with Gasteiger partial charge in [-0.3, -0.25) is 14.4 Å². The molecule has 0 saturated carbocycles. The van der Waals surface area contributed by atoms with Gasteiger partial charge in [0.2, 0.25) is 5.91 Å². The molecule has 0 aromatic carbocycles. The topological polar surface area (TPSA) is 63.7 Å². The van der Waals surface area contributed by atoms with Crippen LogP contribution in [0.3, 0.4) is 0 Å². The van der Waals surface area contributed by atoms with Gasteiger partial charge < -0.3 is 4.74 Å². The minimum absolute atomic E-state index is 0.212. The number of likely N-dealkylation sites (tertiary alicyclic amines) is 1. The average molecular weight is 267 g/mol. The van der Waals surface area contributed by atoms with Crippen LogP contribution in [0.4, 0.5) is 0 Å². The zero-order valence-corrected chi connectivity index (χ0v) is 12.0. The molecule has 0 bridgehead atoms. The molecule has 0 aromatic rings. The molecule has 1 saturated heterocycles. The molecule has 0 spiro atoms. The first-order valence-corrected chi connectivity index (χ1v) is 6.58. The van der Waals surface area contributed by atoms with Crippen LogP contribution in [0.5, 0.6) is 0 Å². The fraction of sp³-hybridized carbons (Fsp3) is 0.643. The van der Waals surface area contributed by atoms with Gasteiger partial charge in [0.15, 0.2) is 6.23 Å². The molecule has 1 aliphatic rings. The van der Waals surface area contributed by atoms with Gasteiger partial charge in [-0.15, -0.1) is 0 Å². The molecule has 1 rings (SSSR count). The summed E-state index contributed by atoms with van der Waals surface area (Å²) < 4.78 is 5.29. The highest BCUT2D eigenvalue weighted by molar-refractivity contribution is 6.09. The van der Waals surface area contributed by atoms with Crippen LogP contribution in [0.1, 0.15) is 47.0 Å². The largest absolute Gasteiger partial charge is 0.440 e. The van der Waals surface area contributed by atoms with Gasteiger partial charge in [-0.1, -0.05) is 27.4 Å². The molecule has 1 fully saturated rings. The summed E-state index contributed by atoms with van der Waals surface area (Å²) in [6.07, 6.45) is 0.476. The van der Waals surface area contributed by atoms with Gasteiger partial charge in [0, 0.05) is 12.0 Å². The monoisotopic (exact) mass is 267 g/mol. The molecule has 0 N–H and O–H groups in total. The molecule has 106 valence electrons. The predicted octanol–water partition coefficient (Wildman–Crippen LogP) is 2.02. The first-order valence-electron chi connectivity index (χ1n) is 6.58. The smallest absolute Gasteiger partial charge is 0.307 e.